The summed E-state index contributed by atoms with van der Waals surface area (Å²) < 4.78 is 0. The summed E-state index contributed by atoms with van der Waals surface area (Å²) in [6.07, 6.45) is 3.48. The van der Waals surface area contributed by atoms with Gasteiger partial charge >= 0.3 is 0 Å². The Bertz CT molecular complexity index is 293. The SMILES string of the molecule is C[Si](C)(C)c1ccc(C=CN)cc1. The van der Waals surface area contributed by atoms with Crippen LogP contribution in [0, 0.1) is 0 Å². The number of hydrogen-bond donors (Lipinski definition) is 1. The third kappa shape index (κ3) is 2.74. The lowest BCUT2D eigenvalue weighted by Crippen LogP contribution is -2.37. The third-order valence-electron chi connectivity index (χ3n) is 2.07. The Labute approximate surface area is 81.3 Å². The van der Waals surface area contributed by atoms with E-state index in [1.54, 1.807) is 6.20 Å². The highest BCUT2D eigenvalue weighted by Gasteiger charge is 2.14. The second-order valence-corrected chi connectivity index (χ2v) is 9.31. The molecule has 0 bridgehead atoms. The lowest BCUT2D eigenvalue weighted by atomic mass is 10.2. The zero-order valence-electron chi connectivity index (χ0n) is 8.54. The summed E-state index contributed by atoms with van der Waals surface area (Å²) in [5, 5.41) is 1.49. The molecule has 1 aromatic carbocycles. The van der Waals surface area contributed by atoms with E-state index in [4.69, 9.17) is 5.73 Å². The molecule has 0 amide bonds. The Morgan fingerprint density at radius 2 is 1.62 bits per heavy atom. The topological polar surface area (TPSA) is 26.0 Å². The second kappa shape index (κ2) is 3.79. The van der Waals surface area contributed by atoms with E-state index < -0.39 is 8.07 Å². The molecule has 0 unspecified atom stereocenters. The van der Waals surface area contributed by atoms with Gasteiger partial charge in [0.05, 0.1) is 8.07 Å². The molecule has 1 rings (SSSR count). The van der Waals surface area contributed by atoms with E-state index in [0.29, 0.717) is 0 Å². The lowest BCUT2D eigenvalue weighted by molar-refractivity contribution is 1.60. The van der Waals surface area contributed by atoms with E-state index in [-0.39, 0.29) is 0 Å². The molecule has 2 heteroatoms. The summed E-state index contributed by atoms with van der Waals surface area (Å²) in [5.74, 6) is 0. The highest BCUT2D eigenvalue weighted by molar-refractivity contribution is 6.88. The molecule has 1 aromatic rings. The standard InChI is InChI=1S/C11H17NSi/c1-13(2,3)11-6-4-10(5-7-11)8-9-12/h4-9H,12H2,1-3H3. The quantitative estimate of drug-likeness (QED) is 0.712. The van der Waals surface area contributed by atoms with Gasteiger partial charge in [-0.3, -0.25) is 0 Å². The number of nitrogens with two attached hydrogens (primary N) is 1. The number of benzene rings is 1. The maximum absolute atomic E-state index is 5.31. The first-order chi connectivity index (χ1) is 6.04. The van der Waals surface area contributed by atoms with Crippen LogP contribution in [-0.4, -0.2) is 8.07 Å². The van der Waals surface area contributed by atoms with Gasteiger partial charge in [0.25, 0.3) is 0 Å². The van der Waals surface area contributed by atoms with Crippen molar-refractivity contribution in [1.29, 1.82) is 0 Å². The van der Waals surface area contributed by atoms with Gasteiger partial charge < -0.3 is 5.73 Å². The zero-order chi connectivity index (χ0) is 9.90. The molecular formula is C11H17NSi. The van der Waals surface area contributed by atoms with Crippen LogP contribution in [0.4, 0.5) is 0 Å². The van der Waals surface area contributed by atoms with Gasteiger partial charge in [0.2, 0.25) is 0 Å². The normalized spacial score (nSPS) is 12.2. The molecule has 0 fully saturated rings. The Morgan fingerprint density at radius 1 is 1.08 bits per heavy atom. The molecule has 0 spiro atoms. The zero-order valence-corrected chi connectivity index (χ0v) is 9.54. The van der Waals surface area contributed by atoms with Crippen LogP contribution < -0.4 is 10.9 Å². The van der Waals surface area contributed by atoms with Crippen molar-refractivity contribution in [3.63, 3.8) is 0 Å². The Morgan fingerprint density at radius 3 is 2.00 bits per heavy atom. The highest BCUT2D eigenvalue weighted by Crippen LogP contribution is 2.05. The summed E-state index contributed by atoms with van der Waals surface area (Å²) in [7, 11) is -1.13. The van der Waals surface area contributed by atoms with Crippen LogP contribution in [0.15, 0.2) is 30.5 Å². The molecule has 2 N–H and O–H groups in total. The maximum atomic E-state index is 5.31. The average Bonchev–Trinajstić information content (AvgIpc) is 2.04. The van der Waals surface area contributed by atoms with Crippen molar-refractivity contribution < 1.29 is 0 Å². The molecule has 0 aliphatic heterocycles. The van der Waals surface area contributed by atoms with E-state index in [9.17, 15) is 0 Å². The van der Waals surface area contributed by atoms with Gasteiger partial charge in [0, 0.05) is 0 Å². The Balaban J connectivity index is 2.94. The van der Waals surface area contributed by atoms with E-state index in [1.807, 2.05) is 6.08 Å². The van der Waals surface area contributed by atoms with Crippen molar-refractivity contribution in [3.8, 4) is 0 Å². The first kappa shape index (κ1) is 10.1. The van der Waals surface area contributed by atoms with E-state index in [0.717, 1.165) is 0 Å². The summed E-state index contributed by atoms with van der Waals surface area (Å²) >= 11 is 0. The van der Waals surface area contributed by atoms with E-state index in [1.165, 1.54) is 10.8 Å². The van der Waals surface area contributed by atoms with Crippen molar-refractivity contribution in [2.24, 2.45) is 5.73 Å². The Hall–Kier alpha value is -1.02. The average molecular weight is 191 g/mol. The van der Waals surface area contributed by atoms with Gasteiger partial charge in [-0.1, -0.05) is 49.1 Å². The largest absolute Gasteiger partial charge is 0.405 e. The van der Waals surface area contributed by atoms with Crippen molar-refractivity contribution in [1.82, 2.24) is 0 Å². The van der Waals surface area contributed by atoms with Gasteiger partial charge in [-0.25, -0.2) is 0 Å². The van der Waals surface area contributed by atoms with Crippen molar-refractivity contribution in [2.45, 2.75) is 19.6 Å². The van der Waals surface area contributed by atoms with Crippen molar-refractivity contribution in [2.75, 3.05) is 0 Å². The molecule has 0 aliphatic rings. The van der Waals surface area contributed by atoms with Gasteiger partial charge in [-0.05, 0) is 17.8 Å². The van der Waals surface area contributed by atoms with Gasteiger partial charge in [-0.15, -0.1) is 0 Å². The molecule has 0 aromatic heterocycles. The van der Waals surface area contributed by atoms with Crippen LogP contribution in [0.2, 0.25) is 19.6 Å². The maximum Gasteiger partial charge on any atom is 0.0775 e. The van der Waals surface area contributed by atoms with Crippen LogP contribution in [0.5, 0.6) is 0 Å². The van der Waals surface area contributed by atoms with Gasteiger partial charge in [0.15, 0.2) is 0 Å². The predicted molar refractivity (Wildman–Crippen MR) is 62.6 cm³/mol. The minimum atomic E-state index is -1.13. The fraction of sp³-hybridized carbons (Fsp3) is 0.273. The Kier molecular flexibility index (Phi) is 2.93. The minimum Gasteiger partial charge on any atom is -0.405 e. The first-order valence-corrected chi connectivity index (χ1v) is 8.03. The molecule has 1 nitrogen and oxygen atoms in total. The molecule has 0 heterocycles. The molecule has 0 aliphatic carbocycles. The molecule has 70 valence electrons. The minimum absolute atomic E-state index is 1.13. The van der Waals surface area contributed by atoms with Crippen molar-refractivity contribution >= 4 is 19.3 Å². The van der Waals surface area contributed by atoms with Crippen LogP contribution in [-0.2, 0) is 0 Å². The van der Waals surface area contributed by atoms with Crippen LogP contribution in [0.1, 0.15) is 5.56 Å². The molecule has 0 saturated carbocycles. The number of rotatable bonds is 2. The molecule has 0 radical (unpaired) electrons. The summed E-state index contributed by atoms with van der Waals surface area (Å²) in [6.45, 7) is 7.04. The lowest BCUT2D eigenvalue weighted by Gasteiger charge is -2.16. The predicted octanol–water partition coefficient (Wildman–Crippen LogP) is 2.16. The van der Waals surface area contributed by atoms with Crippen molar-refractivity contribution in [3.05, 3.63) is 36.0 Å². The smallest absolute Gasteiger partial charge is 0.0775 e. The third-order valence-corrected chi connectivity index (χ3v) is 4.13. The van der Waals surface area contributed by atoms with Crippen LogP contribution in [0.25, 0.3) is 6.08 Å². The molecule has 13 heavy (non-hydrogen) atoms. The summed E-state index contributed by atoms with van der Waals surface area (Å²) in [4.78, 5) is 0. The molecular weight excluding hydrogens is 174 g/mol. The van der Waals surface area contributed by atoms with Crippen LogP contribution >= 0.6 is 0 Å². The van der Waals surface area contributed by atoms with E-state index >= 15 is 0 Å². The summed E-state index contributed by atoms with van der Waals surface area (Å²) in [6, 6.07) is 8.66. The fourth-order valence-electron chi connectivity index (χ4n) is 1.21. The molecule has 0 saturated heterocycles. The fourth-order valence-corrected chi connectivity index (χ4v) is 2.37. The first-order valence-electron chi connectivity index (χ1n) is 4.53. The second-order valence-electron chi connectivity index (χ2n) is 4.23. The molecule has 0 atom stereocenters. The monoisotopic (exact) mass is 191 g/mol. The van der Waals surface area contributed by atoms with E-state index in [2.05, 4.69) is 43.9 Å². The number of hydrogen-bond acceptors (Lipinski definition) is 1. The highest BCUT2D eigenvalue weighted by atomic mass is 28.3. The van der Waals surface area contributed by atoms with Gasteiger partial charge in [-0.2, -0.15) is 0 Å². The van der Waals surface area contributed by atoms with Gasteiger partial charge in [0.1, 0.15) is 0 Å². The summed E-state index contributed by atoms with van der Waals surface area (Å²) in [5.41, 5.74) is 6.48. The van der Waals surface area contributed by atoms with Crippen LogP contribution in [0.3, 0.4) is 0 Å².